The summed E-state index contributed by atoms with van der Waals surface area (Å²) < 4.78 is 13.1. The summed E-state index contributed by atoms with van der Waals surface area (Å²) in [5, 5.41) is 33.2. The summed E-state index contributed by atoms with van der Waals surface area (Å²) in [6.07, 6.45) is -2.44. The van der Waals surface area contributed by atoms with Crippen molar-refractivity contribution in [2.45, 2.75) is 12.2 Å². The lowest BCUT2D eigenvalue weighted by atomic mass is 10.2. The first kappa shape index (κ1) is 16.4. The van der Waals surface area contributed by atoms with Crippen molar-refractivity contribution in [2.75, 3.05) is 20.3 Å². The zero-order valence-corrected chi connectivity index (χ0v) is 8.41. The van der Waals surface area contributed by atoms with Gasteiger partial charge in [-0.3, -0.25) is 4.52 Å². The summed E-state index contributed by atoms with van der Waals surface area (Å²) in [6, 6.07) is 0. The lowest BCUT2D eigenvalue weighted by Crippen LogP contribution is -2.31. The minimum Gasteiger partial charge on any atom is -0.394 e. The molecule has 88 valence electrons. The zero-order chi connectivity index (χ0) is 11.8. The normalized spacial score (nSPS) is 15.4. The van der Waals surface area contributed by atoms with Gasteiger partial charge in [-0.15, -0.1) is 0 Å². The van der Waals surface area contributed by atoms with Crippen molar-refractivity contribution in [1.29, 1.82) is 0 Å². The summed E-state index contributed by atoms with van der Waals surface area (Å²) in [6.45, 7) is -1.05. The molecule has 0 aromatic heterocycles. The van der Waals surface area contributed by atoms with Crippen molar-refractivity contribution in [3.8, 4) is 0 Å². The molecular formula is C5H15O8P. The van der Waals surface area contributed by atoms with E-state index >= 15 is 0 Å². The average molecular weight is 234 g/mol. The van der Waals surface area contributed by atoms with Gasteiger partial charge in [0.2, 0.25) is 0 Å². The molecule has 6 N–H and O–H groups in total. The fourth-order valence-corrected chi connectivity index (χ4v) is 0.243. The first-order valence-electron chi connectivity index (χ1n) is 3.47. The van der Waals surface area contributed by atoms with Gasteiger partial charge in [0, 0.05) is 7.11 Å². The molecular weight excluding hydrogens is 219 g/mol. The van der Waals surface area contributed by atoms with Gasteiger partial charge in [0.25, 0.3) is 0 Å². The van der Waals surface area contributed by atoms with Gasteiger partial charge < -0.3 is 30.2 Å². The Kier molecular flexibility index (Phi) is 9.68. The molecule has 0 fully saturated rings. The first-order valence-corrected chi connectivity index (χ1v) is 5.00. The highest BCUT2D eigenvalue weighted by Crippen LogP contribution is 2.33. The van der Waals surface area contributed by atoms with Crippen molar-refractivity contribution in [1.82, 2.24) is 0 Å². The highest BCUT2D eigenvalue weighted by molar-refractivity contribution is 7.46. The largest absolute Gasteiger partial charge is 0.469 e. The number of rotatable bonds is 4. The van der Waals surface area contributed by atoms with E-state index < -0.39 is 33.2 Å². The van der Waals surface area contributed by atoms with E-state index in [2.05, 4.69) is 4.52 Å². The molecule has 0 unspecified atom stereocenters. The fourth-order valence-electron chi connectivity index (χ4n) is 0.243. The maximum atomic E-state index is 9.47. The molecule has 9 heteroatoms. The van der Waals surface area contributed by atoms with E-state index in [1.54, 1.807) is 0 Å². The Morgan fingerprint density at radius 1 is 1.14 bits per heavy atom. The maximum absolute atomic E-state index is 9.47. The third-order valence-corrected chi connectivity index (χ3v) is 1.53. The van der Waals surface area contributed by atoms with Gasteiger partial charge in [0.05, 0.1) is 13.2 Å². The fraction of sp³-hybridized carbons (Fsp3) is 1.00. The van der Waals surface area contributed by atoms with Gasteiger partial charge >= 0.3 is 7.82 Å². The SMILES string of the molecule is COP(=O)(O)O.OC[C@@H](O)[C@@H](O)CO. The van der Waals surface area contributed by atoms with Crippen molar-refractivity contribution >= 4 is 7.82 Å². The first-order chi connectivity index (χ1) is 6.28. The second-order valence-corrected chi connectivity index (χ2v) is 3.52. The van der Waals surface area contributed by atoms with E-state index in [0.717, 1.165) is 7.11 Å². The number of phosphoric acid groups is 1. The minimum atomic E-state index is -4.15. The van der Waals surface area contributed by atoms with Crippen LogP contribution < -0.4 is 0 Å². The number of aliphatic hydroxyl groups excluding tert-OH is 4. The smallest absolute Gasteiger partial charge is 0.394 e. The third kappa shape index (κ3) is 11.9. The average Bonchev–Trinajstić information content (AvgIpc) is 2.15. The molecule has 0 amide bonds. The number of hydrogen-bond acceptors (Lipinski definition) is 6. The molecule has 0 rings (SSSR count). The van der Waals surface area contributed by atoms with Crippen LogP contribution in [-0.4, -0.2) is 62.7 Å². The second-order valence-electron chi connectivity index (χ2n) is 2.17. The van der Waals surface area contributed by atoms with E-state index in [4.69, 9.17) is 30.2 Å². The van der Waals surface area contributed by atoms with Gasteiger partial charge in [-0.25, -0.2) is 4.57 Å². The summed E-state index contributed by atoms with van der Waals surface area (Å²) >= 11 is 0. The standard InChI is InChI=1S/C4H10O4.CH5O4P/c5-1-3(7)4(8)2-6;1-5-6(2,3)4/h3-8H,1-2H2;1H3,(H2,2,3,4)/t3-,4+;. The van der Waals surface area contributed by atoms with Gasteiger partial charge in [-0.2, -0.15) is 0 Å². The molecule has 0 aliphatic heterocycles. The molecule has 0 heterocycles. The van der Waals surface area contributed by atoms with Gasteiger partial charge in [0.15, 0.2) is 0 Å². The monoisotopic (exact) mass is 234 g/mol. The Bertz CT molecular complexity index is 159. The third-order valence-electron chi connectivity index (χ3n) is 1.06. The van der Waals surface area contributed by atoms with Crippen LogP contribution in [0.25, 0.3) is 0 Å². The van der Waals surface area contributed by atoms with Crippen LogP contribution in [0.2, 0.25) is 0 Å². The van der Waals surface area contributed by atoms with Crippen LogP contribution in [0.4, 0.5) is 0 Å². The van der Waals surface area contributed by atoms with Gasteiger partial charge in [-0.05, 0) is 0 Å². The summed E-state index contributed by atoms with van der Waals surface area (Å²) in [7, 11) is -3.20. The number of aliphatic hydroxyl groups is 4. The number of hydrogen-bond donors (Lipinski definition) is 6. The highest BCUT2D eigenvalue weighted by Gasteiger charge is 2.12. The number of phosphoric ester groups is 1. The van der Waals surface area contributed by atoms with E-state index in [9.17, 15) is 4.57 Å². The van der Waals surface area contributed by atoms with Gasteiger partial charge in [0.1, 0.15) is 12.2 Å². The van der Waals surface area contributed by atoms with Crippen LogP contribution in [0.15, 0.2) is 0 Å². The van der Waals surface area contributed by atoms with Crippen molar-refractivity contribution in [3.63, 3.8) is 0 Å². The predicted molar refractivity (Wildman–Crippen MR) is 45.2 cm³/mol. The predicted octanol–water partition coefficient (Wildman–Crippen LogP) is -2.58. The van der Waals surface area contributed by atoms with Gasteiger partial charge in [-0.1, -0.05) is 0 Å². The summed E-state index contributed by atoms with van der Waals surface area (Å²) in [5.41, 5.74) is 0. The molecule has 2 atom stereocenters. The topological polar surface area (TPSA) is 148 Å². The van der Waals surface area contributed by atoms with Crippen molar-refractivity contribution in [3.05, 3.63) is 0 Å². The van der Waals surface area contributed by atoms with Crippen LogP contribution in [0.3, 0.4) is 0 Å². The Hall–Kier alpha value is -0.0500. The lowest BCUT2D eigenvalue weighted by Gasteiger charge is -2.10. The molecule has 14 heavy (non-hydrogen) atoms. The van der Waals surface area contributed by atoms with E-state index in [-0.39, 0.29) is 0 Å². The molecule has 0 aliphatic carbocycles. The quantitative estimate of drug-likeness (QED) is 0.290. The molecule has 0 aliphatic rings. The summed E-state index contributed by atoms with van der Waals surface area (Å²) in [5.74, 6) is 0. The Labute approximate surface area is 80.6 Å². The van der Waals surface area contributed by atoms with Crippen molar-refractivity contribution in [2.24, 2.45) is 0 Å². The molecule has 0 radical (unpaired) electrons. The Balaban J connectivity index is 0. The van der Waals surface area contributed by atoms with Crippen LogP contribution in [0.1, 0.15) is 0 Å². The second kappa shape index (κ2) is 8.27. The molecule has 0 aromatic rings. The molecule has 0 spiro atoms. The lowest BCUT2D eigenvalue weighted by molar-refractivity contribution is -0.0388. The Morgan fingerprint density at radius 2 is 1.36 bits per heavy atom. The van der Waals surface area contributed by atoms with Crippen molar-refractivity contribution < 1.29 is 39.3 Å². The Morgan fingerprint density at radius 3 is 1.43 bits per heavy atom. The molecule has 8 nitrogen and oxygen atoms in total. The maximum Gasteiger partial charge on any atom is 0.469 e. The zero-order valence-electron chi connectivity index (χ0n) is 7.52. The van der Waals surface area contributed by atoms with Crippen LogP contribution >= 0.6 is 7.82 Å². The molecule has 0 saturated carbocycles. The van der Waals surface area contributed by atoms with Crippen LogP contribution in [0.5, 0.6) is 0 Å². The molecule has 0 aromatic carbocycles. The minimum absolute atomic E-state index is 0.526. The van der Waals surface area contributed by atoms with E-state index in [0.29, 0.717) is 0 Å². The molecule has 0 bridgehead atoms. The van der Waals surface area contributed by atoms with Crippen LogP contribution in [0, 0.1) is 0 Å². The highest BCUT2D eigenvalue weighted by atomic mass is 31.2. The molecule has 0 saturated heterocycles. The van der Waals surface area contributed by atoms with E-state index in [1.165, 1.54) is 0 Å². The summed E-state index contributed by atoms with van der Waals surface area (Å²) in [4.78, 5) is 15.4. The van der Waals surface area contributed by atoms with Crippen LogP contribution in [-0.2, 0) is 9.09 Å². The van der Waals surface area contributed by atoms with E-state index in [1.807, 2.05) is 0 Å².